The fraction of sp³-hybridized carbons (Fsp3) is 0.560. The summed E-state index contributed by atoms with van der Waals surface area (Å²) in [6.45, 7) is 9.58. The van der Waals surface area contributed by atoms with Crippen LogP contribution in [-0.2, 0) is 4.74 Å². The SMILES string of the molecule is CCCN(C)c1ccc2nc(C3CC3c3cccc(OC)c3N3CCC(Nc4nc(C5CC5)nc5ccc(N(C)CCO)cc45)C3)nc(N3CCN(C4CCCC4OC)CC3)c2c1. The van der Waals surface area contributed by atoms with Crippen molar-refractivity contribution in [2.45, 2.75) is 94.2 Å². The molecule has 2 N–H and O–H groups in total. The number of rotatable bonds is 16. The fourth-order valence-corrected chi connectivity index (χ4v) is 10.8. The molecule has 0 amide bonds. The van der Waals surface area contributed by atoms with Crippen LogP contribution in [0, 0.1) is 0 Å². The van der Waals surface area contributed by atoms with Gasteiger partial charge in [0, 0.05) is 120 Å². The summed E-state index contributed by atoms with van der Waals surface area (Å²) in [5.41, 5.74) is 6.76. The molecular weight excluding hydrogens is 789 g/mol. The van der Waals surface area contributed by atoms with Crippen molar-refractivity contribution in [3.05, 3.63) is 71.8 Å². The molecule has 13 nitrogen and oxygen atoms in total. The molecule has 0 spiro atoms. The molecule has 3 saturated carbocycles. The van der Waals surface area contributed by atoms with E-state index in [1.165, 1.54) is 29.8 Å². The second-order valence-electron chi connectivity index (χ2n) is 18.8. The van der Waals surface area contributed by atoms with Gasteiger partial charge in [0.2, 0.25) is 0 Å². The van der Waals surface area contributed by atoms with E-state index in [1.807, 2.05) is 14.2 Å². The summed E-state index contributed by atoms with van der Waals surface area (Å²) in [5, 5.41) is 15.7. The van der Waals surface area contributed by atoms with E-state index in [4.69, 9.17) is 29.4 Å². The molecule has 5 unspecified atom stereocenters. The number of nitrogens with zero attached hydrogens (tertiary/aromatic N) is 9. The largest absolute Gasteiger partial charge is 0.495 e. The van der Waals surface area contributed by atoms with Gasteiger partial charge >= 0.3 is 0 Å². The summed E-state index contributed by atoms with van der Waals surface area (Å²) in [6, 6.07) is 20.4. The van der Waals surface area contributed by atoms with E-state index < -0.39 is 0 Å². The maximum absolute atomic E-state index is 9.62. The third-order valence-electron chi connectivity index (χ3n) is 14.6. The highest BCUT2D eigenvalue weighted by Gasteiger charge is 2.45. The van der Waals surface area contributed by atoms with Crippen molar-refractivity contribution in [3.8, 4) is 5.75 Å². The molecule has 10 rings (SSSR count). The molecule has 5 atom stereocenters. The minimum absolute atomic E-state index is 0.101. The van der Waals surface area contributed by atoms with Crippen LogP contribution in [0.5, 0.6) is 5.75 Å². The number of nitrogens with one attached hydrogen (secondary N) is 1. The number of benzene rings is 3. The molecule has 2 aromatic heterocycles. The van der Waals surface area contributed by atoms with Gasteiger partial charge in [-0.05, 0) is 105 Å². The predicted octanol–water partition coefficient (Wildman–Crippen LogP) is 7.39. The summed E-state index contributed by atoms with van der Waals surface area (Å²) in [7, 11) is 7.87. The summed E-state index contributed by atoms with van der Waals surface area (Å²) >= 11 is 0. The number of aliphatic hydroxyl groups is 1. The molecule has 0 bridgehead atoms. The third-order valence-corrected chi connectivity index (χ3v) is 14.6. The first kappa shape index (κ1) is 42.0. The molecule has 13 heteroatoms. The lowest BCUT2D eigenvalue weighted by Crippen LogP contribution is -2.52. The first-order valence-electron chi connectivity index (χ1n) is 23.7. The van der Waals surface area contributed by atoms with Gasteiger partial charge < -0.3 is 39.5 Å². The summed E-state index contributed by atoms with van der Waals surface area (Å²) in [5.74, 6) is 5.77. The van der Waals surface area contributed by atoms with Gasteiger partial charge in [-0.3, -0.25) is 4.90 Å². The van der Waals surface area contributed by atoms with Crippen molar-refractivity contribution in [2.75, 3.05) is 112 Å². The molecule has 5 fully saturated rings. The van der Waals surface area contributed by atoms with Gasteiger partial charge in [0.1, 0.15) is 29.0 Å². The lowest BCUT2D eigenvalue weighted by molar-refractivity contribution is 0.0306. The number of methoxy groups -OCH3 is 2. The number of hydrogen-bond donors (Lipinski definition) is 2. The van der Waals surface area contributed by atoms with Gasteiger partial charge in [0.25, 0.3) is 0 Å². The number of ether oxygens (including phenoxy) is 2. The zero-order valence-electron chi connectivity index (χ0n) is 38.0. The fourth-order valence-electron chi connectivity index (χ4n) is 10.8. The van der Waals surface area contributed by atoms with Crippen LogP contribution in [0.1, 0.15) is 93.3 Å². The summed E-state index contributed by atoms with van der Waals surface area (Å²) in [4.78, 5) is 33.2. The van der Waals surface area contributed by atoms with Crippen LogP contribution in [0.2, 0.25) is 0 Å². The molecule has 3 aliphatic carbocycles. The highest BCUT2D eigenvalue weighted by Crippen LogP contribution is 2.58. The van der Waals surface area contributed by atoms with E-state index >= 15 is 0 Å². The average Bonchev–Trinajstić information content (AvgIpc) is 4.23. The standard InChI is InChI=1S/C50H66N10O3/c1-6-20-56(2)35-16-18-42-40(29-35)50(59-24-22-58(23-25-59)43-10-8-11-44(43)62-4)55-48(53-42)38-30-37(38)36-9-7-12-45(63-5)46(36)60-21-19-33(31-60)51-49-39-28-34(57(3)26-27-61)15-17-41(39)52-47(54-49)32-13-14-32/h7,9,12,15-18,28-29,32-33,37-38,43-44,61H,6,8,10-11,13-14,19-27,30-31H2,1-5H3,(H,51,52,54). The third kappa shape index (κ3) is 8.44. The van der Waals surface area contributed by atoms with Crippen molar-refractivity contribution in [1.82, 2.24) is 24.8 Å². The van der Waals surface area contributed by atoms with Crippen molar-refractivity contribution >= 4 is 50.5 Å². The molecule has 2 saturated heterocycles. The Morgan fingerprint density at radius 1 is 0.762 bits per heavy atom. The Morgan fingerprint density at radius 2 is 1.51 bits per heavy atom. The van der Waals surface area contributed by atoms with Crippen LogP contribution in [0.25, 0.3) is 21.8 Å². The van der Waals surface area contributed by atoms with Crippen LogP contribution in [0.3, 0.4) is 0 Å². The van der Waals surface area contributed by atoms with Crippen molar-refractivity contribution in [1.29, 1.82) is 0 Å². The van der Waals surface area contributed by atoms with E-state index in [-0.39, 0.29) is 18.6 Å². The normalized spacial score (nSPS) is 23.8. The Bertz CT molecular complexity index is 2420. The number of para-hydroxylation sites is 1. The van der Waals surface area contributed by atoms with Crippen molar-refractivity contribution in [2.24, 2.45) is 0 Å². The Balaban J connectivity index is 0.915. The van der Waals surface area contributed by atoms with Gasteiger partial charge in [-0.1, -0.05) is 19.1 Å². The Hall–Kier alpha value is -4.98. The van der Waals surface area contributed by atoms with Crippen LogP contribution in [-0.4, -0.2) is 135 Å². The zero-order valence-corrected chi connectivity index (χ0v) is 38.0. The maximum Gasteiger partial charge on any atom is 0.142 e. The van der Waals surface area contributed by atoms with Gasteiger partial charge in [0.05, 0.1) is 36.5 Å². The van der Waals surface area contributed by atoms with Crippen LogP contribution in [0.15, 0.2) is 54.6 Å². The van der Waals surface area contributed by atoms with Gasteiger partial charge in [-0.25, -0.2) is 19.9 Å². The van der Waals surface area contributed by atoms with Crippen LogP contribution < -0.4 is 29.7 Å². The molecule has 4 heterocycles. The molecule has 3 aromatic carbocycles. The number of hydrogen-bond acceptors (Lipinski definition) is 13. The Labute approximate surface area is 372 Å². The first-order valence-corrected chi connectivity index (χ1v) is 23.7. The van der Waals surface area contributed by atoms with E-state index in [1.54, 1.807) is 7.11 Å². The van der Waals surface area contributed by atoms with Crippen LogP contribution >= 0.6 is 0 Å². The van der Waals surface area contributed by atoms with E-state index in [2.05, 4.69) is 98.4 Å². The second-order valence-corrected chi connectivity index (χ2v) is 18.8. The van der Waals surface area contributed by atoms with Gasteiger partial charge in [-0.15, -0.1) is 0 Å². The molecular formula is C50H66N10O3. The molecule has 0 radical (unpaired) electrons. The molecule has 5 aromatic rings. The van der Waals surface area contributed by atoms with Crippen LogP contribution in [0.4, 0.5) is 28.7 Å². The monoisotopic (exact) mass is 855 g/mol. The van der Waals surface area contributed by atoms with E-state index in [0.717, 1.165) is 141 Å². The minimum atomic E-state index is 0.101. The van der Waals surface area contributed by atoms with Gasteiger partial charge in [0.15, 0.2) is 0 Å². The second kappa shape index (κ2) is 17.9. The van der Waals surface area contributed by atoms with E-state index in [0.29, 0.717) is 30.5 Å². The number of aromatic nitrogens is 4. The Kier molecular flexibility index (Phi) is 11.9. The lowest BCUT2D eigenvalue weighted by atomic mass is 10.0. The average molecular weight is 855 g/mol. The molecule has 5 aliphatic rings. The first-order chi connectivity index (χ1) is 30.8. The maximum atomic E-state index is 9.62. The molecule has 334 valence electrons. The van der Waals surface area contributed by atoms with Crippen molar-refractivity contribution < 1.29 is 14.6 Å². The van der Waals surface area contributed by atoms with E-state index in [9.17, 15) is 5.11 Å². The quantitative estimate of drug-likeness (QED) is 0.103. The summed E-state index contributed by atoms with van der Waals surface area (Å²) in [6.07, 6.45) is 9.35. The molecule has 63 heavy (non-hydrogen) atoms. The summed E-state index contributed by atoms with van der Waals surface area (Å²) < 4.78 is 12.1. The number of anilines is 5. The zero-order chi connectivity index (χ0) is 43.2. The Morgan fingerprint density at radius 3 is 2.24 bits per heavy atom. The number of piperazine rings is 1. The topological polar surface area (TPSA) is 118 Å². The number of likely N-dealkylation sites (N-methyl/N-ethyl adjacent to an activating group) is 1. The number of fused-ring (bicyclic) bond motifs is 2. The number of aliphatic hydroxyl groups excluding tert-OH is 1. The highest BCUT2D eigenvalue weighted by molar-refractivity contribution is 5.93. The lowest BCUT2D eigenvalue weighted by Gasteiger charge is -2.40. The van der Waals surface area contributed by atoms with Crippen molar-refractivity contribution in [3.63, 3.8) is 0 Å². The molecule has 2 aliphatic heterocycles. The van der Waals surface area contributed by atoms with Gasteiger partial charge in [-0.2, -0.15) is 0 Å². The highest BCUT2D eigenvalue weighted by atomic mass is 16.5. The smallest absolute Gasteiger partial charge is 0.142 e. The predicted molar refractivity (Wildman–Crippen MR) is 255 cm³/mol. The minimum Gasteiger partial charge on any atom is -0.495 e.